The predicted molar refractivity (Wildman–Crippen MR) is 66.5 cm³/mol. The molecule has 1 heterocycles. The number of hydrogen-bond donors (Lipinski definition) is 0. The van der Waals surface area contributed by atoms with Crippen molar-refractivity contribution >= 4 is 17.5 Å². The highest BCUT2D eigenvalue weighted by molar-refractivity contribution is 8.00. The zero-order valence-corrected chi connectivity index (χ0v) is 10.7. The number of aromatic nitrogens is 1. The largest absolute Gasteiger partial charge is 0.348 e. The Balaban J connectivity index is 2.47. The monoisotopic (exact) mass is 225 g/mol. The lowest BCUT2D eigenvalue weighted by molar-refractivity contribution is 0.101. The smallest absolute Gasteiger partial charge is 0.189 e. The van der Waals surface area contributed by atoms with Gasteiger partial charge >= 0.3 is 0 Å². The molecule has 0 amide bonds. The molecule has 0 aromatic carbocycles. The standard InChI is InChI=1S/C12H19NOS/c1-9(2)10(3)15-8-12(14)11-6-5-7-13(11)4/h5-7,9-10H,8H2,1-4H3. The highest BCUT2D eigenvalue weighted by Gasteiger charge is 2.13. The molecule has 0 radical (unpaired) electrons. The first-order valence-corrected chi connectivity index (χ1v) is 6.33. The van der Waals surface area contributed by atoms with Gasteiger partial charge < -0.3 is 4.57 Å². The zero-order chi connectivity index (χ0) is 11.4. The van der Waals surface area contributed by atoms with Crippen molar-refractivity contribution in [2.75, 3.05) is 5.75 Å². The van der Waals surface area contributed by atoms with Crippen LogP contribution in [0.25, 0.3) is 0 Å². The molecular weight excluding hydrogens is 206 g/mol. The van der Waals surface area contributed by atoms with Gasteiger partial charge in [0.05, 0.1) is 11.4 Å². The van der Waals surface area contributed by atoms with Crippen molar-refractivity contribution in [1.29, 1.82) is 0 Å². The van der Waals surface area contributed by atoms with Crippen LogP contribution < -0.4 is 0 Å². The molecule has 1 unspecified atom stereocenters. The summed E-state index contributed by atoms with van der Waals surface area (Å²) in [6, 6.07) is 3.78. The summed E-state index contributed by atoms with van der Waals surface area (Å²) in [5.41, 5.74) is 0.804. The van der Waals surface area contributed by atoms with Crippen LogP contribution in [0.2, 0.25) is 0 Å². The number of Topliss-reactive ketones (excluding diaryl/α,β-unsaturated/α-hetero) is 1. The van der Waals surface area contributed by atoms with E-state index in [2.05, 4.69) is 20.8 Å². The fourth-order valence-electron chi connectivity index (χ4n) is 1.22. The van der Waals surface area contributed by atoms with Crippen LogP contribution in [0.4, 0.5) is 0 Å². The minimum Gasteiger partial charge on any atom is -0.348 e. The predicted octanol–water partition coefficient (Wildman–Crippen LogP) is 2.99. The third kappa shape index (κ3) is 3.42. The Morgan fingerprint density at radius 3 is 2.60 bits per heavy atom. The summed E-state index contributed by atoms with van der Waals surface area (Å²) in [6.07, 6.45) is 1.91. The van der Waals surface area contributed by atoms with Gasteiger partial charge in [0, 0.05) is 18.5 Å². The molecule has 0 saturated carbocycles. The van der Waals surface area contributed by atoms with Gasteiger partial charge in [-0.1, -0.05) is 20.8 Å². The van der Waals surface area contributed by atoms with Crippen molar-refractivity contribution in [2.45, 2.75) is 26.0 Å². The normalized spacial score (nSPS) is 13.1. The van der Waals surface area contributed by atoms with Crippen molar-refractivity contribution in [3.63, 3.8) is 0 Å². The molecule has 1 aromatic heterocycles. The van der Waals surface area contributed by atoms with E-state index >= 15 is 0 Å². The summed E-state index contributed by atoms with van der Waals surface area (Å²) in [5, 5.41) is 0.536. The molecule has 0 bridgehead atoms. The Labute approximate surface area is 96.1 Å². The van der Waals surface area contributed by atoms with Crippen LogP contribution in [0, 0.1) is 5.92 Å². The summed E-state index contributed by atoms with van der Waals surface area (Å²) in [4.78, 5) is 11.8. The lowest BCUT2D eigenvalue weighted by atomic mass is 10.2. The number of aryl methyl sites for hydroxylation is 1. The van der Waals surface area contributed by atoms with Gasteiger partial charge in [-0.3, -0.25) is 4.79 Å². The molecule has 84 valence electrons. The van der Waals surface area contributed by atoms with Gasteiger partial charge in [-0.25, -0.2) is 0 Å². The van der Waals surface area contributed by atoms with Gasteiger partial charge in [0.2, 0.25) is 0 Å². The maximum absolute atomic E-state index is 11.8. The quantitative estimate of drug-likeness (QED) is 0.719. The Hall–Kier alpha value is -0.700. The second-order valence-corrected chi connectivity index (χ2v) is 5.55. The summed E-state index contributed by atoms with van der Waals surface area (Å²) < 4.78 is 1.88. The van der Waals surface area contributed by atoms with Crippen molar-refractivity contribution < 1.29 is 4.79 Å². The summed E-state index contributed by atoms with van der Waals surface area (Å²) in [5.74, 6) is 1.42. The van der Waals surface area contributed by atoms with Crippen LogP contribution in [0.1, 0.15) is 31.3 Å². The molecule has 0 fully saturated rings. The number of carbonyl (C=O) groups excluding carboxylic acids is 1. The fourth-order valence-corrected chi connectivity index (χ4v) is 2.17. The minimum absolute atomic E-state index is 0.222. The molecule has 0 saturated heterocycles. The molecule has 1 rings (SSSR count). The molecule has 0 N–H and O–H groups in total. The van der Waals surface area contributed by atoms with Crippen LogP contribution in [0.5, 0.6) is 0 Å². The molecule has 0 aliphatic carbocycles. The van der Waals surface area contributed by atoms with E-state index in [-0.39, 0.29) is 5.78 Å². The maximum atomic E-state index is 11.8. The van der Waals surface area contributed by atoms with E-state index in [1.165, 1.54) is 0 Å². The fraction of sp³-hybridized carbons (Fsp3) is 0.583. The lowest BCUT2D eigenvalue weighted by Gasteiger charge is -2.14. The first kappa shape index (κ1) is 12.4. The first-order valence-electron chi connectivity index (χ1n) is 5.28. The third-order valence-corrected chi connectivity index (χ3v) is 4.14. The van der Waals surface area contributed by atoms with Crippen LogP contribution >= 0.6 is 11.8 Å². The minimum atomic E-state index is 0.222. The molecule has 2 nitrogen and oxygen atoms in total. The number of rotatable bonds is 5. The zero-order valence-electron chi connectivity index (χ0n) is 9.86. The van der Waals surface area contributed by atoms with E-state index in [9.17, 15) is 4.79 Å². The summed E-state index contributed by atoms with van der Waals surface area (Å²) >= 11 is 1.74. The maximum Gasteiger partial charge on any atom is 0.189 e. The Bertz CT molecular complexity index is 330. The van der Waals surface area contributed by atoms with Crippen LogP contribution in [0.3, 0.4) is 0 Å². The molecular formula is C12H19NOS. The third-order valence-electron chi connectivity index (χ3n) is 2.65. The number of carbonyl (C=O) groups is 1. The van der Waals surface area contributed by atoms with E-state index in [1.54, 1.807) is 11.8 Å². The highest BCUT2D eigenvalue weighted by Crippen LogP contribution is 2.19. The molecule has 1 aromatic rings. The second kappa shape index (κ2) is 5.40. The second-order valence-electron chi connectivity index (χ2n) is 4.19. The van der Waals surface area contributed by atoms with E-state index in [1.807, 2.05) is 29.9 Å². The Kier molecular flexibility index (Phi) is 4.45. The van der Waals surface area contributed by atoms with Crippen molar-refractivity contribution in [1.82, 2.24) is 4.57 Å². The molecule has 1 atom stereocenters. The van der Waals surface area contributed by atoms with E-state index in [4.69, 9.17) is 0 Å². The Morgan fingerprint density at radius 1 is 1.47 bits per heavy atom. The molecule has 0 aliphatic rings. The SMILES string of the molecule is CC(C)C(C)SCC(=O)c1cccn1C. The van der Waals surface area contributed by atoms with Crippen molar-refractivity contribution in [2.24, 2.45) is 13.0 Å². The average molecular weight is 225 g/mol. The van der Waals surface area contributed by atoms with Gasteiger partial charge in [0.15, 0.2) is 5.78 Å². The molecule has 0 aliphatic heterocycles. The lowest BCUT2D eigenvalue weighted by Crippen LogP contribution is -2.13. The molecule has 0 spiro atoms. The average Bonchev–Trinajstić information content (AvgIpc) is 2.60. The van der Waals surface area contributed by atoms with Gasteiger partial charge in [0.1, 0.15) is 0 Å². The number of nitrogens with zero attached hydrogens (tertiary/aromatic N) is 1. The van der Waals surface area contributed by atoms with E-state index in [0.717, 1.165) is 5.69 Å². The van der Waals surface area contributed by atoms with Crippen LogP contribution in [-0.4, -0.2) is 21.4 Å². The number of thioether (sulfide) groups is 1. The Morgan fingerprint density at radius 2 is 2.13 bits per heavy atom. The van der Waals surface area contributed by atoms with Gasteiger partial charge in [-0.05, 0) is 18.1 Å². The van der Waals surface area contributed by atoms with Crippen molar-refractivity contribution in [3.05, 3.63) is 24.0 Å². The number of hydrogen-bond acceptors (Lipinski definition) is 2. The number of ketones is 1. The van der Waals surface area contributed by atoms with E-state index in [0.29, 0.717) is 16.9 Å². The van der Waals surface area contributed by atoms with E-state index < -0.39 is 0 Å². The van der Waals surface area contributed by atoms with Crippen molar-refractivity contribution in [3.8, 4) is 0 Å². The molecule has 15 heavy (non-hydrogen) atoms. The van der Waals surface area contributed by atoms with Gasteiger partial charge in [-0.2, -0.15) is 11.8 Å². The summed E-state index contributed by atoms with van der Waals surface area (Å²) in [6.45, 7) is 6.54. The van der Waals surface area contributed by atoms with Crippen LogP contribution in [0.15, 0.2) is 18.3 Å². The molecule has 3 heteroatoms. The highest BCUT2D eigenvalue weighted by atomic mass is 32.2. The van der Waals surface area contributed by atoms with Gasteiger partial charge in [-0.15, -0.1) is 0 Å². The topological polar surface area (TPSA) is 22.0 Å². The summed E-state index contributed by atoms with van der Waals surface area (Å²) in [7, 11) is 1.91. The van der Waals surface area contributed by atoms with Gasteiger partial charge in [0.25, 0.3) is 0 Å². The first-order chi connectivity index (χ1) is 7.02. The van der Waals surface area contributed by atoms with Crippen LogP contribution in [-0.2, 0) is 7.05 Å².